The number of nitrogens with zero attached hydrogens (tertiary/aromatic N) is 5. The molecule has 3 rings (SSSR count). The van der Waals surface area contributed by atoms with E-state index >= 15 is 0 Å². The Balaban J connectivity index is 1.54. The maximum Gasteiger partial charge on any atom is 0.247 e. The molecule has 0 amide bonds. The number of unbranched alkanes of at least 4 members (excludes halogenated alkanes) is 2. The van der Waals surface area contributed by atoms with Gasteiger partial charge in [0.1, 0.15) is 5.82 Å². The third-order valence-electron chi connectivity index (χ3n) is 4.39. The van der Waals surface area contributed by atoms with E-state index in [0.29, 0.717) is 5.95 Å². The maximum absolute atomic E-state index is 13.1. The monoisotopic (exact) mass is 344 g/mol. The first kappa shape index (κ1) is 17.4. The van der Waals surface area contributed by atoms with Crippen molar-refractivity contribution in [3.05, 3.63) is 36.3 Å². The molecule has 7 heteroatoms. The van der Waals surface area contributed by atoms with Gasteiger partial charge in [-0.2, -0.15) is 10.1 Å². The summed E-state index contributed by atoms with van der Waals surface area (Å²) in [7, 11) is 0. The third kappa shape index (κ3) is 4.78. The van der Waals surface area contributed by atoms with E-state index in [1.165, 1.54) is 25.0 Å². The molecule has 1 saturated heterocycles. The summed E-state index contributed by atoms with van der Waals surface area (Å²) in [4.78, 5) is 8.97. The minimum absolute atomic E-state index is 0.204. The molecule has 25 heavy (non-hydrogen) atoms. The van der Waals surface area contributed by atoms with E-state index in [-0.39, 0.29) is 5.82 Å². The number of hydrogen-bond acceptors (Lipinski definition) is 6. The summed E-state index contributed by atoms with van der Waals surface area (Å²) in [5.74, 6) is 1.24. The fraction of sp³-hybridized carbons (Fsp3) is 0.500. The van der Waals surface area contributed by atoms with Gasteiger partial charge in [-0.25, -0.2) is 4.39 Å². The number of anilines is 3. The van der Waals surface area contributed by atoms with Gasteiger partial charge < -0.3 is 15.1 Å². The topological polar surface area (TPSA) is 57.2 Å². The Bertz CT molecular complexity index is 655. The van der Waals surface area contributed by atoms with Crippen molar-refractivity contribution in [1.82, 2.24) is 15.2 Å². The van der Waals surface area contributed by atoms with Crippen molar-refractivity contribution >= 4 is 17.5 Å². The second kappa shape index (κ2) is 8.60. The van der Waals surface area contributed by atoms with Crippen molar-refractivity contribution in [2.24, 2.45) is 0 Å². The lowest BCUT2D eigenvalue weighted by Gasteiger charge is -2.35. The molecule has 2 aromatic rings. The number of benzene rings is 1. The summed E-state index contributed by atoms with van der Waals surface area (Å²) >= 11 is 0. The summed E-state index contributed by atoms with van der Waals surface area (Å²) in [6, 6.07) is 6.65. The van der Waals surface area contributed by atoms with Gasteiger partial charge in [0.2, 0.25) is 5.95 Å². The summed E-state index contributed by atoms with van der Waals surface area (Å²) in [6.45, 7) is 6.43. The Morgan fingerprint density at radius 2 is 1.76 bits per heavy atom. The van der Waals surface area contributed by atoms with Crippen LogP contribution in [0.4, 0.5) is 21.8 Å². The maximum atomic E-state index is 13.1. The van der Waals surface area contributed by atoms with Crippen LogP contribution in [0.3, 0.4) is 0 Å². The highest BCUT2D eigenvalue weighted by Gasteiger charge is 2.19. The number of hydrogen-bond donors (Lipinski definition) is 1. The fourth-order valence-electron chi connectivity index (χ4n) is 2.92. The van der Waals surface area contributed by atoms with E-state index in [0.717, 1.165) is 50.6 Å². The summed E-state index contributed by atoms with van der Waals surface area (Å²) < 4.78 is 13.1. The van der Waals surface area contributed by atoms with Crippen molar-refractivity contribution in [2.75, 3.05) is 47.8 Å². The third-order valence-corrected chi connectivity index (χ3v) is 4.39. The zero-order valence-corrected chi connectivity index (χ0v) is 14.7. The van der Waals surface area contributed by atoms with E-state index in [1.54, 1.807) is 6.20 Å². The highest BCUT2D eigenvalue weighted by atomic mass is 19.1. The molecule has 0 radical (unpaired) electrons. The average molecular weight is 344 g/mol. The van der Waals surface area contributed by atoms with Crippen molar-refractivity contribution in [2.45, 2.75) is 26.2 Å². The van der Waals surface area contributed by atoms with Crippen LogP contribution in [0, 0.1) is 5.82 Å². The lowest BCUT2D eigenvalue weighted by molar-refractivity contribution is 0.622. The van der Waals surface area contributed by atoms with Gasteiger partial charge in [0, 0.05) is 38.4 Å². The summed E-state index contributed by atoms with van der Waals surface area (Å²) in [5.41, 5.74) is 1.05. The molecule has 6 nitrogen and oxygen atoms in total. The van der Waals surface area contributed by atoms with Crippen LogP contribution in [0.15, 0.2) is 30.5 Å². The van der Waals surface area contributed by atoms with Crippen LogP contribution < -0.4 is 15.1 Å². The van der Waals surface area contributed by atoms with Crippen LogP contribution in [-0.2, 0) is 0 Å². The molecule has 0 atom stereocenters. The van der Waals surface area contributed by atoms with Crippen molar-refractivity contribution < 1.29 is 4.39 Å². The van der Waals surface area contributed by atoms with Crippen LogP contribution >= 0.6 is 0 Å². The SMILES string of the molecule is CCCCCNc1cnnc(N2CCN(c3ccc(F)cc3)CC2)n1. The second-order valence-corrected chi connectivity index (χ2v) is 6.23. The Labute approximate surface area is 148 Å². The van der Waals surface area contributed by atoms with E-state index in [4.69, 9.17) is 0 Å². The molecule has 1 aromatic carbocycles. The molecule has 2 heterocycles. The molecule has 1 N–H and O–H groups in total. The minimum Gasteiger partial charge on any atom is -0.369 e. The highest BCUT2D eigenvalue weighted by molar-refractivity contribution is 5.48. The summed E-state index contributed by atoms with van der Waals surface area (Å²) in [5, 5.41) is 11.6. The Morgan fingerprint density at radius 1 is 1.04 bits per heavy atom. The lowest BCUT2D eigenvalue weighted by Crippen LogP contribution is -2.47. The van der Waals surface area contributed by atoms with Gasteiger partial charge in [0.15, 0.2) is 5.82 Å². The predicted molar refractivity (Wildman–Crippen MR) is 98.7 cm³/mol. The van der Waals surface area contributed by atoms with E-state index in [2.05, 4.69) is 37.2 Å². The van der Waals surface area contributed by atoms with Gasteiger partial charge in [0.05, 0.1) is 6.20 Å². The normalized spacial score (nSPS) is 14.6. The number of piperazine rings is 1. The first-order valence-corrected chi connectivity index (χ1v) is 8.95. The zero-order valence-electron chi connectivity index (χ0n) is 14.7. The lowest BCUT2D eigenvalue weighted by atomic mass is 10.2. The molecule has 1 aliphatic rings. The van der Waals surface area contributed by atoms with Gasteiger partial charge in [-0.3, -0.25) is 0 Å². The molecule has 0 unspecified atom stereocenters. The second-order valence-electron chi connectivity index (χ2n) is 6.23. The molecule has 0 saturated carbocycles. The summed E-state index contributed by atoms with van der Waals surface area (Å²) in [6.07, 6.45) is 5.22. The quantitative estimate of drug-likeness (QED) is 0.780. The standard InChI is InChI=1S/C18H25FN6/c1-2-3-4-9-20-17-14-21-23-18(22-17)25-12-10-24(11-13-25)16-7-5-15(19)6-8-16/h5-8,14H,2-4,9-13H2,1H3,(H,20,22,23). The molecule has 0 bridgehead atoms. The van der Waals surface area contributed by atoms with Crippen LogP contribution in [-0.4, -0.2) is 47.9 Å². The van der Waals surface area contributed by atoms with Gasteiger partial charge in [-0.1, -0.05) is 19.8 Å². The van der Waals surface area contributed by atoms with Crippen LogP contribution in [0.1, 0.15) is 26.2 Å². The number of aromatic nitrogens is 3. The molecular formula is C18H25FN6. The van der Waals surface area contributed by atoms with Gasteiger partial charge >= 0.3 is 0 Å². The highest BCUT2D eigenvalue weighted by Crippen LogP contribution is 2.19. The number of nitrogens with one attached hydrogen (secondary N) is 1. The molecular weight excluding hydrogens is 319 g/mol. The zero-order chi connectivity index (χ0) is 17.5. The predicted octanol–water partition coefficient (Wildman–Crippen LogP) is 2.94. The molecule has 1 aromatic heterocycles. The number of halogens is 1. The van der Waals surface area contributed by atoms with Crippen molar-refractivity contribution in [3.8, 4) is 0 Å². The average Bonchev–Trinajstić information content (AvgIpc) is 2.66. The fourth-order valence-corrected chi connectivity index (χ4v) is 2.92. The van der Waals surface area contributed by atoms with Crippen LogP contribution in [0.25, 0.3) is 0 Å². The molecule has 134 valence electrons. The number of rotatable bonds is 7. The molecule has 1 fully saturated rings. The Kier molecular flexibility index (Phi) is 5.98. The van der Waals surface area contributed by atoms with E-state index < -0.39 is 0 Å². The molecule has 0 spiro atoms. The van der Waals surface area contributed by atoms with Gasteiger partial charge in [-0.05, 0) is 30.7 Å². The van der Waals surface area contributed by atoms with Gasteiger partial charge in [-0.15, -0.1) is 5.10 Å². The minimum atomic E-state index is -0.204. The van der Waals surface area contributed by atoms with E-state index in [1.807, 2.05) is 12.1 Å². The van der Waals surface area contributed by atoms with Crippen molar-refractivity contribution in [1.29, 1.82) is 0 Å². The smallest absolute Gasteiger partial charge is 0.247 e. The van der Waals surface area contributed by atoms with Crippen LogP contribution in [0.2, 0.25) is 0 Å². The largest absolute Gasteiger partial charge is 0.369 e. The molecule has 1 aliphatic heterocycles. The van der Waals surface area contributed by atoms with E-state index in [9.17, 15) is 4.39 Å². The Morgan fingerprint density at radius 3 is 2.48 bits per heavy atom. The van der Waals surface area contributed by atoms with Gasteiger partial charge in [0.25, 0.3) is 0 Å². The van der Waals surface area contributed by atoms with Crippen LogP contribution in [0.5, 0.6) is 0 Å². The van der Waals surface area contributed by atoms with Crippen molar-refractivity contribution in [3.63, 3.8) is 0 Å². The Hall–Kier alpha value is -2.44. The first-order valence-electron chi connectivity index (χ1n) is 8.95. The first-order chi connectivity index (χ1) is 12.3. The molecule has 0 aliphatic carbocycles.